The van der Waals surface area contributed by atoms with E-state index in [1.807, 2.05) is 0 Å². The van der Waals surface area contributed by atoms with Crippen molar-refractivity contribution in [3.8, 4) is 0 Å². The van der Waals surface area contributed by atoms with Crippen molar-refractivity contribution in [2.45, 2.75) is 18.6 Å². The van der Waals surface area contributed by atoms with Crippen molar-refractivity contribution in [2.75, 3.05) is 11.4 Å². The molecule has 0 radical (unpaired) electrons. The Balaban J connectivity index is 2.36. The molecule has 1 unspecified atom stereocenters. The zero-order valence-corrected chi connectivity index (χ0v) is 12.9. The van der Waals surface area contributed by atoms with Gasteiger partial charge in [0.1, 0.15) is 5.25 Å². The molecule has 8 heteroatoms. The van der Waals surface area contributed by atoms with Gasteiger partial charge < -0.3 is 4.90 Å². The molecule has 1 amide bonds. The van der Waals surface area contributed by atoms with Crippen LogP contribution in [-0.2, 0) is 13.8 Å². The summed E-state index contributed by atoms with van der Waals surface area (Å²) in [5, 5.41) is -0.0551. The van der Waals surface area contributed by atoms with E-state index in [0.29, 0.717) is 21.3 Å². The Labute approximate surface area is 125 Å². The summed E-state index contributed by atoms with van der Waals surface area (Å²) in [6.07, 6.45) is -0.130. The zero-order chi connectivity index (χ0) is 14.4. The minimum Gasteiger partial charge on any atom is -0.311 e. The third kappa shape index (κ3) is 2.99. The Morgan fingerprint density at radius 2 is 1.79 bits per heavy atom. The summed E-state index contributed by atoms with van der Waals surface area (Å²) in [5.41, 5.74) is 1.19. The molecule has 1 fully saturated rings. The molecule has 1 aliphatic rings. The van der Waals surface area contributed by atoms with Gasteiger partial charge in [-0.05, 0) is 24.6 Å². The topological polar surface area (TPSA) is 54.5 Å². The molecule has 2 rings (SSSR count). The zero-order valence-electron chi connectivity index (χ0n) is 9.86. The summed E-state index contributed by atoms with van der Waals surface area (Å²) in [7, 11) is 1.53. The van der Waals surface area contributed by atoms with Gasteiger partial charge in [-0.25, -0.2) is 8.42 Å². The summed E-state index contributed by atoms with van der Waals surface area (Å²) < 4.78 is 22.6. The number of carbonyl (C=O) groups excluding carboxylic acids is 1. The van der Waals surface area contributed by atoms with Gasteiger partial charge in [0.2, 0.25) is 15.0 Å². The highest BCUT2D eigenvalue weighted by atomic mass is 35.7. The number of halogens is 3. The Hall–Kier alpha value is -0.490. The number of hydrogen-bond acceptors (Lipinski definition) is 3. The number of nitrogens with zero attached hydrogens (tertiary/aromatic N) is 1. The van der Waals surface area contributed by atoms with Gasteiger partial charge >= 0.3 is 0 Å². The van der Waals surface area contributed by atoms with Gasteiger partial charge in [-0.1, -0.05) is 23.2 Å². The number of hydrogen-bond donors (Lipinski definition) is 0. The molecule has 4 nitrogen and oxygen atoms in total. The summed E-state index contributed by atoms with van der Waals surface area (Å²) in [6, 6.07) is 3.17. The van der Waals surface area contributed by atoms with Crippen LogP contribution in [0.25, 0.3) is 0 Å². The second-order valence-corrected chi connectivity index (χ2v) is 8.06. The molecule has 1 heterocycles. The van der Waals surface area contributed by atoms with Crippen LogP contribution in [-0.4, -0.2) is 26.1 Å². The normalized spacial score (nSPS) is 20.1. The van der Waals surface area contributed by atoms with Crippen molar-refractivity contribution in [1.29, 1.82) is 0 Å². The van der Waals surface area contributed by atoms with Crippen molar-refractivity contribution in [1.82, 2.24) is 0 Å². The van der Waals surface area contributed by atoms with Gasteiger partial charge in [-0.2, -0.15) is 0 Å². The summed E-state index contributed by atoms with van der Waals surface area (Å²) >= 11 is 12.0. The monoisotopic (exact) mass is 341 g/mol. The highest BCUT2D eigenvalue weighted by Gasteiger charge is 2.38. The van der Waals surface area contributed by atoms with Crippen molar-refractivity contribution < 1.29 is 13.2 Å². The van der Waals surface area contributed by atoms with Gasteiger partial charge in [-0.3, -0.25) is 4.79 Å². The van der Waals surface area contributed by atoms with Crippen LogP contribution in [0.1, 0.15) is 12.0 Å². The smallest absolute Gasteiger partial charge is 0.237 e. The molecule has 0 aliphatic carbocycles. The molecule has 0 bridgehead atoms. The highest BCUT2D eigenvalue weighted by Crippen LogP contribution is 2.33. The number of amides is 1. The van der Waals surface area contributed by atoms with E-state index in [2.05, 4.69) is 0 Å². The largest absolute Gasteiger partial charge is 0.311 e. The predicted octanol–water partition coefficient (Wildman–Crippen LogP) is 2.98. The molecule has 0 aromatic heterocycles. The molecule has 1 aromatic rings. The van der Waals surface area contributed by atoms with E-state index < -0.39 is 14.3 Å². The van der Waals surface area contributed by atoms with Crippen molar-refractivity contribution >= 4 is 54.5 Å². The highest BCUT2D eigenvalue weighted by molar-refractivity contribution is 8.14. The molecular weight excluding hydrogens is 333 g/mol. The molecule has 1 aliphatic heterocycles. The van der Waals surface area contributed by atoms with Crippen LogP contribution in [0.3, 0.4) is 0 Å². The lowest BCUT2D eigenvalue weighted by molar-refractivity contribution is -0.117. The Kier molecular flexibility index (Phi) is 4.02. The van der Waals surface area contributed by atoms with Crippen LogP contribution in [0.4, 0.5) is 5.69 Å². The molecule has 19 heavy (non-hydrogen) atoms. The minimum absolute atomic E-state index is 0.0143. The molecule has 1 atom stereocenters. The van der Waals surface area contributed by atoms with Gasteiger partial charge in [0.15, 0.2) is 0 Å². The molecule has 0 saturated carbocycles. The van der Waals surface area contributed by atoms with Crippen molar-refractivity contribution in [3.63, 3.8) is 0 Å². The van der Waals surface area contributed by atoms with E-state index in [0.717, 1.165) is 0 Å². The maximum Gasteiger partial charge on any atom is 0.237 e. The van der Waals surface area contributed by atoms with E-state index in [1.54, 1.807) is 19.1 Å². The fourth-order valence-electron chi connectivity index (χ4n) is 1.90. The Bertz CT molecular complexity index is 622. The van der Waals surface area contributed by atoms with Gasteiger partial charge in [-0.15, -0.1) is 0 Å². The standard InChI is InChI=1S/C11H10Cl3NO3S/c1-6-9(12)2-7(3-10(6)13)15-5-8(4-11(15)16)19(14,17)18/h2-3,8H,4-5H2,1H3. The van der Waals surface area contributed by atoms with E-state index in [4.69, 9.17) is 33.9 Å². The number of rotatable bonds is 2. The molecule has 1 aromatic carbocycles. The first-order valence-electron chi connectivity index (χ1n) is 5.39. The Morgan fingerprint density at radius 3 is 2.21 bits per heavy atom. The van der Waals surface area contributed by atoms with E-state index in [9.17, 15) is 13.2 Å². The van der Waals surface area contributed by atoms with Crippen LogP contribution >= 0.6 is 33.9 Å². The van der Waals surface area contributed by atoms with Gasteiger partial charge in [0.25, 0.3) is 0 Å². The van der Waals surface area contributed by atoms with Gasteiger partial charge in [0, 0.05) is 39.4 Å². The lowest BCUT2D eigenvalue weighted by Gasteiger charge is -2.17. The van der Waals surface area contributed by atoms with E-state index in [1.165, 1.54) is 4.90 Å². The van der Waals surface area contributed by atoms with Crippen LogP contribution in [0.2, 0.25) is 10.0 Å². The fraction of sp³-hybridized carbons (Fsp3) is 0.364. The van der Waals surface area contributed by atoms with Crippen molar-refractivity contribution in [3.05, 3.63) is 27.7 Å². The van der Waals surface area contributed by atoms with Crippen LogP contribution < -0.4 is 4.90 Å². The van der Waals surface area contributed by atoms with E-state index >= 15 is 0 Å². The summed E-state index contributed by atoms with van der Waals surface area (Å²) in [6.45, 7) is 1.77. The molecular formula is C11H10Cl3NO3S. The third-order valence-electron chi connectivity index (χ3n) is 3.07. The molecule has 0 spiro atoms. The van der Waals surface area contributed by atoms with E-state index in [-0.39, 0.29) is 18.9 Å². The molecule has 0 N–H and O–H groups in total. The lowest BCUT2D eigenvalue weighted by atomic mass is 10.2. The van der Waals surface area contributed by atoms with Crippen molar-refractivity contribution in [2.24, 2.45) is 0 Å². The first-order chi connectivity index (χ1) is 8.70. The minimum atomic E-state index is -3.76. The number of carbonyl (C=O) groups is 1. The number of anilines is 1. The third-order valence-corrected chi connectivity index (χ3v) is 5.72. The first kappa shape index (κ1) is 14.9. The SMILES string of the molecule is Cc1c(Cl)cc(N2CC(S(=O)(=O)Cl)CC2=O)cc1Cl. The summed E-state index contributed by atoms with van der Waals surface area (Å²) in [5.74, 6) is -0.315. The first-order valence-corrected chi connectivity index (χ1v) is 8.52. The fourth-order valence-corrected chi connectivity index (χ4v) is 3.40. The molecule has 104 valence electrons. The molecule has 1 saturated heterocycles. The quantitative estimate of drug-likeness (QED) is 0.776. The van der Waals surface area contributed by atoms with Crippen LogP contribution in [0.15, 0.2) is 12.1 Å². The second-order valence-electron chi connectivity index (χ2n) is 4.34. The lowest BCUT2D eigenvalue weighted by Crippen LogP contribution is -2.26. The maximum atomic E-state index is 11.9. The van der Waals surface area contributed by atoms with Gasteiger partial charge in [0.05, 0.1) is 0 Å². The summed E-state index contributed by atoms with van der Waals surface area (Å²) in [4.78, 5) is 13.2. The maximum absolute atomic E-state index is 11.9. The van der Waals surface area contributed by atoms with Crippen LogP contribution in [0.5, 0.6) is 0 Å². The average molecular weight is 343 g/mol. The average Bonchev–Trinajstić information content (AvgIpc) is 2.67. The van der Waals surface area contributed by atoms with Crippen LogP contribution in [0, 0.1) is 6.92 Å². The second kappa shape index (κ2) is 5.13. The Morgan fingerprint density at radius 1 is 1.26 bits per heavy atom. The number of benzene rings is 1. The predicted molar refractivity (Wildman–Crippen MR) is 76.7 cm³/mol.